The van der Waals surface area contributed by atoms with Gasteiger partial charge in [-0.1, -0.05) is 96.7 Å². The first-order valence-corrected chi connectivity index (χ1v) is 38.1. The van der Waals surface area contributed by atoms with Crippen LogP contribution in [-0.2, 0) is 80.0 Å². The van der Waals surface area contributed by atoms with Gasteiger partial charge in [-0.2, -0.15) is 13.2 Å². The first kappa shape index (κ1) is 82.8. The number of sulfone groups is 1. The molecule has 6 rings (SSSR count). The van der Waals surface area contributed by atoms with E-state index >= 15 is 19.2 Å². The number of aryl methyl sites for hydroxylation is 1. The molecule has 12 amide bonds. The van der Waals surface area contributed by atoms with Crippen LogP contribution in [0.2, 0.25) is 5.02 Å². The van der Waals surface area contributed by atoms with Gasteiger partial charge in [0.15, 0.2) is 0 Å². The molecule has 26 nitrogen and oxygen atoms in total. The second-order valence-corrected chi connectivity index (χ2v) is 31.9. The van der Waals surface area contributed by atoms with Crippen LogP contribution in [0.25, 0.3) is 0 Å². The Morgan fingerprint density at radius 2 is 1.25 bits per heavy atom. The summed E-state index contributed by atoms with van der Waals surface area (Å²) in [6.07, 6.45) is 2.76. The normalized spacial score (nSPS) is 25.9. The summed E-state index contributed by atoms with van der Waals surface area (Å²) in [6, 6.07) is -6.53. The van der Waals surface area contributed by atoms with Crippen molar-refractivity contribution in [2.45, 2.75) is 217 Å². The molecule has 0 unspecified atom stereocenters. The maximum atomic E-state index is 15.5. The van der Waals surface area contributed by atoms with Gasteiger partial charge in [-0.25, -0.2) is 8.42 Å². The van der Waals surface area contributed by atoms with E-state index in [1.807, 2.05) is 13.8 Å². The molecule has 1 spiro atoms. The fourth-order valence-electron chi connectivity index (χ4n) is 14.6. The summed E-state index contributed by atoms with van der Waals surface area (Å²) in [5, 5.41) is 7.91. The number of likely N-dealkylation sites (tertiary alicyclic amines) is 1. The number of carbonyl (C=O) groups excluding carboxylic acids is 12. The Hall–Kier alpha value is -7.11. The van der Waals surface area contributed by atoms with E-state index in [0.29, 0.717) is 32.1 Å². The van der Waals surface area contributed by atoms with Crippen LogP contribution < -0.4 is 16.0 Å². The van der Waals surface area contributed by atoms with Crippen molar-refractivity contribution in [2.24, 2.45) is 17.8 Å². The van der Waals surface area contributed by atoms with Gasteiger partial charge in [0, 0.05) is 75.2 Å². The van der Waals surface area contributed by atoms with Crippen molar-refractivity contribution in [1.29, 1.82) is 0 Å². The van der Waals surface area contributed by atoms with Crippen LogP contribution in [0.5, 0.6) is 0 Å². The summed E-state index contributed by atoms with van der Waals surface area (Å²) < 4.78 is 67.6. The maximum Gasteiger partial charge on any atom is 0.417 e. The maximum absolute atomic E-state index is 15.5. The standard InChI is InChI=1S/C70H108ClF3N12O14S/c1-13-45(4)60-67(97)80(7)42-58(89)78(5)43-59(90)82(9)54(39-46-23-16-14-17-24-46)64(94)79(6)41-56(87)75-50(29-27-47-26-28-48(49(71)38-47)70(72,73)74)63(93)86-35-22-25-51(86)62(92)77-69(31-18-19-32-69)68(98)84(11)52(30-36-101(12,99)100)65(95)83(10)55(66(96)85-33-20-15-21-34-85)40-57(88)81(8)53(37-44(2)3)61(91)76-60/h26,28,38,44-46,50-55,60H,13-25,27,29-37,39-43H2,1-12H3,(H,75,87)(H,76,91)(H,77,92)/t45-,50-,51-,52-,53-,54-,55-,60-/m0/s1. The average Bonchev–Trinajstić information content (AvgIpc) is 1.74. The van der Waals surface area contributed by atoms with Crippen LogP contribution in [0.1, 0.15) is 167 Å². The number of nitrogens with zero attached hydrogens (tertiary/aromatic N) is 9. The van der Waals surface area contributed by atoms with E-state index in [0.717, 1.165) is 86.3 Å². The fraction of sp³-hybridized carbons (Fsp3) is 0.743. The van der Waals surface area contributed by atoms with Crippen LogP contribution in [0.15, 0.2) is 18.2 Å². The molecule has 5 fully saturated rings. The van der Waals surface area contributed by atoms with Crippen molar-refractivity contribution in [3.63, 3.8) is 0 Å². The summed E-state index contributed by atoms with van der Waals surface area (Å²) in [4.78, 5) is 189. The zero-order valence-corrected chi connectivity index (χ0v) is 62.5. The number of alkyl halides is 3. The van der Waals surface area contributed by atoms with E-state index in [4.69, 9.17) is 11.6 Å². The van der Waals surface area contributed by atoms with Crippen LogP contribution in [0.3, 0.4) is 0 Å². The van der Waals surface area contributed by atoms with Crippen molar-refractivity contribution in [1.82, 2.24) is 60.0 Å². The number of nitrogens with one attached hydrogen (secondary N) is 3. The van der Waals surface area contributed by atoms with E-state index in [-0.39, 0.29) is 88.4 Å². The molecule has 1 aromatic rings. The van der Waals surface area contributed by atoms with Gasteiger partial charge >= 0.3 is 6.18 Å². The largest absolute Gasteiger partial charge is 0.417 e. The number of carbonyl (C=O) groups is 12. The zero-order valence-electron chi connectivity index (χ0n) is 61.0. The minimum Gasteiger partial charge on any atom is -0.343 e. The molecule has 2 saturated carbocycles. The van der Waals surface area contributed by atoms with E-state index in [2.05, 4.69) is 16.0 Å². The molecule has 3 aliphatic heterocycles. The van der Waals surface area contributed by atoms with E-state index in [1.54, 1.807) is 13.8 Å². The molecule has 0 bridgehead atoms. The SMILES string of the molecule is CC[C@H](C)[C@@H]1NC(=O)[C@H](CC(C)C)N(C)C(=O)C[C@@H](C(=O)N2CCCCC2)N(C)C(=O)[C@H](CCS(C)(=O)=O)N(C)C(=O)C2(CCCC2)NC(=O)[C@@H]2CCCN2C(=O)[C@H](CCc2ccc(C(F)(F)F)c(Cl)c2)NC(=O)CN(C)C(=O)[C@H](CC2CCCCC2)N(C)C(=O)CN(C)C(=O)CN(C)C1=O. The third kappa shape index (κ3) is 22.0. The highest BCUT2D eigenvalue weighted by Gasteiger charge is 2.50. The quantitative estimate of drug-likeness (QED) is 0.249. The van der Waals surface area contributed by atoms with Crippen LogP contribution in [0.4, 0.5) is 13.2 Å². The number of rotatable bonds is 13. The van der Waals surface area contributed by atoms with Gasteiger partial charge in [-0.15, -0.1) is 0 Å². The van der Waals surface area contributed by atoms with Crippen molar-refractivity contribution in [3.05, 3.63) is 34.3 Å². The molecular weight excluding hydrogens is 1360 g/mol. The molecule has 3 saturated heterocycles. The number of halogens is 4. The van der Waals surface area contributed by atoms with Gasteiger partial charge < -0.3 is 60.0 Å². The minimum absolute atomic E-state index is 0.00294. The molecule has 566 valence electrons. The highest BCUT2D eigenvalue weighted by Crippen LogP contribution is 2.37. The Bertz CT molecular complexity index is 3290. The minimum atomic E-state index is -4.78. The first-order chi connectivity index (χ1) is 47.3. The Kier molecular flexibility index (Phi) is 29.8. The number of likely N-dealkylation sites (N-methyl/N-ethyl adjacent to an activating group) is 7. The summed E-state index contributed by atoms with van der Waals surface area (Å²) in [6.45, 7) is 5.95. The van der Waals surface area contributed by atoms with Crippen molar-refractivity contribution >= 4 is 92.3 Å². The molecule has 2 aliphatic carbocycles. The Morgan fingerprint density at radius 1 is 0.644 bits per heavy atom. The lowest BCUT2D eigenvalue weighted by Gasteiger charge is -2.41. The first-order valence-electron chi connectivity index (χ1n) is 35.6. The molecular formula is C70H108ClF3N12O14S. The Labute approximate surface area is 598 Å². The monoisotopic (exact) mass is 1460 g/mol. The molecule has 31 heteroatoms. The lowest BCUT2D eigenvalue weighted by Crippen LogP contribution is -2.64. The molecule has 3 heterocycles. The predicted molar refractivity (Wildman–Crippen MR) is 371 cm³/mol. The second-order valence-electron chi connectivity index (χ2n) is 29.3. The predicted octanol–water partition coefficient (Wildman–Crippen LogP) is 4.28. The topological polar surface area (TPSA) is 304 Å². The Balaban J connectivity index is 1.44. The van der Waals surface area contributed by atoms with Crippen molar-refractivity contribution < 1.29 is 79.1 Å². The van der Waals surface area contributed by atoms with Crippen LogP contribution >= 0.6 is 11.6 Å². The van der Waals surface area contributed by atoms with E-state index in [1.165, 1.54) is 70.1 Å². The highest BCUT2D eigenvalue weighted by atomic mass is 35.5. The van der Waals surface area contributed by atoms with Gasteiger partial charge in [-0.3, -0.25) is 57.5 Å². The van der Waals surface area contributed by atoms with Gasteiger partial charge in [0.25, 0.3) is 0 Å². The summed E-state index contributed by atoms with van der Waals surface area (Å²) >= 11 is 6.13. The third-order valence-electron chi connectivity index (χ3n) is 21.1. The number of hydrogen-bond acceptors (Lipinski definition) is 14. The smallest absolute Gasteiger partial charge is 0.343 e. The lowest BCUT2D eigenvalue weighted by molar-refractivity contribution is -0.155. The number of piperidine rings is 1. The molecule has 5 aliphatic rings. The zero-order chi connectivity index (χ0) is 75.2. The van der Waals surface area contributed by atoms with Crippen molar-refractivity contribution in [3.8, 4) is 0 Å². The van der Waals surface area contributed by atoms with Gasteiger partial charge in [0.05, 0.1) is 42.4 Å². The summed E-state index contributed by atoms with van der Waals surface area (Å²) in [5.41, 5.74) is -2.57. The summed E-state index contributed by atoms with van der Waals surface area (Å²) in [5.74, 6) is -10.2. The molecule has 8 atom stereocenters. The highest BCUT2D eigenvalue weighted by molar-refractivity contribution is 7.90. The van der Waals surface area contributed by atoms with E-state index in [9.17, 15) is 59.9 Å². The van der Waals surface area contributed by atoms with Gasteiger partial charge in [0.1, 0.15) is 57.7 Å². The van der Waals surface area contributed by atoms with Crippen LogP contribution in [0, 0.1) is 17.8 Å². The number of fused-ring (bicyclic) bond motifs is 1. The third-order valence-corrected chi connectivity index (χ3v) is 22.4. The molecule has 3 N–H and O–H groups in total. The number of amides is 12. The fourth-order valence-corrected chi connectivity index (χ4v) is 15.5. The average molecular weight is 1470 g/mol. The molecule has 101 heavy (non-hydrogen) atoms. The lowest BCUT2D eigenvalue weighted by atomic mass is 9.84. The number of hydrogen-bond donors (Lipinski definition) is 3. The Morgan fingerprint density at radius 3 is 1.84 bits per heavy atom. The van der Waals surface area contributed by atoms with E-state index < -0.39 is 189 Å². The molecule has 0 aromatic heterocycles. The molecule has 0 radical (unpaired) electrons. The number of benzene rings is 1. The molecule has 1 aromatic carbocycles. The second kappa shape index (κ2) is 36.4. The van der Waals surface area contributed by atoms with Crippen molar-refractivity contribution in [2.75, 3.05) is 101 Å². The summed E-state index contributed by atoms with van der Waals surface area (Å²) in [7, 11) is 5.55. The van der Waals surface area contributed by atoms with Gasteiger partial charge in [-0.05, 0) is 112 Å². The van der Waals surface area contributed by atoms with Crippen LogP contribution in [-0.4, -0.2) is 272 Å². The van der Waals surface area contributed by atoms with Gasteiger partial charge in [0.2, 0.25) is 70.9 Å².